The van der Waals surface area contributed by atoms with Gasteiger partial charge >= 0.3 is 0 Å². The van der Waals surface area contributed by atoms with Gasteiger partial charge < -0.3 is 4.90 Å². The van der Waals surface area contributed by atoms with E-state index < -0.39 is 0 Å². The number of carbonyl (C=O) groups is 3. The number of amides is 2. The Balaban J connectivity index is 1.42. The number of fused-ring (bicyclic) bond motifs is 1. The highest BCUT2D eigenvalue weighted by Crippen LogP contribution is 2.39. The van der Waals surface area contributed by atoms with Crippen molar-refractivity contribution in [1.29, 1.82) is 5.26 Å². The number of nitriles is 1. The number of carbonyl (C=O) groups excluding carboxylic acids is 3. The van der Waals surface area contributed by atoms with Gasteiger partial charge in [0.25, 0.3) is 11.8 Å². The van der Waals surface area contributed by atoms with E-state index in [1.165, 1.54) is 4.90 Å². The first-order chi connectivity index (χ1) is 17.4. The van der Waals surface area contributed by atoms with Crippen molar-refractivity contribution >= 4 is 57.4 Å². The molecular weight excluding hydrogens is 498 g/mol. The molecule has 0 fully saturated rings. The molecule has 2 amide bonds. The van der Waals surface area contributed by atoms with Crippen LogP contribution in [-0.4, -0.2) is 42.6 Å². The molecule has 36 heavy (non-hydrogen) atoms. The first kappa shape index (κ1) is 25.2. The lowest BCUT2D eigenvalue weighted by Crippen LogP contribution is -2.33. The quantitative estimate of drug-likeness (QED) is 0.187. The van der Waals surface area contributed by atoms with E-state index in [9.17, 15) is 19.6 Å². The van der Waals surface area contributed by atoms with Crippen molar-refractivity contribution in [1.82, 2.24) is 4.90 Å². The van der Waals surface area contributed by atoms with Crippen LogP contribution in [0.4, 0.5) is 16.4 Å². The smallest absolute Gasteiger partial charge is 0.261 e. The zero-order valence-electron chi connectivity index (χ0n) is 19.7. The molecule has 1 aromatic heterocycles. The molecule has 1 aliphatic rings. The Bertz CT molecular complexity index is 1390. The van der Waals surface area contributed by atoms with Gasteiger partial charge in [-0.15, -0.1) is 21.6 Å². The second-order valence-corrected chi connectivity index (χ2v) is 9.51. The molecule has 182 valence electrons. The first-order valence-electron chi connectivity index (χ1n) is 11.3. The van der Waals surface area contributed by atoms with Crippen molar-refractivity contribution < 1.29 is 14.4 Å². The SMILES string of the molecule is CCN(CCCN1C(=O)c2ccccc2C1=O)c1ccc(N=Nc2sc(C=O)c(Cl)c2C#N)c(C)c1. The van der Waals surface area contributed by atoms with Gasteiger partial charge in [-0.05, 0) is 56.2 Å². The van der Waals surface area contributed by atoms with Crippen LogP contribution in [0.25, 0.3) is 0 Å². The number of rotatable bonds is 9. The molecule has 8 nitrogen and oxygen atoms in total. The van der Waals surface area contributed by atoms with Crippen LogP contribution < -0.4 is 4.90 Å². The third kappa shape index (κ3) is 4.78. The van der Waals surface area contributed by atoms with Crippen LogP contribution in [0.2, 0.25) is 5.02 Å². The zero-order chi connectivity index (χ0) is 25.8. The second kappa shape index (κ2) is 10.8. The highest BCUT2D eigenvalue weighted by atomic mass is 35.5. The largest absolute Gasteiger partial charge is 0.372 e. The van der Waals surface area contributed by atoms with Crippen LogP contribution in [0.5, 0.6) is 0 Å². The number of azo groups is 1. The van der Waals surface area contributed by atoms with Crippen molar-refractivity contribution in [2.45, 2.75) is 20.3 Å². The number of halogens is 1. The summed E-state index contributed by atoms with van der Waals surface area (Å²) in [7, 11) is 0. The summed E-state index contributed by atoms with van der Waals surface area (Å²) in [6.45, 7) is 5.71. The molecule has 0 radical (unpaired) electrons. The van der Waals surface area contributed by atoms with Crippen LogP contribution in [0.15, 0.2) is 52.7 Å². The van der Waals surface area contributed by atoms with Crippen molar-refractivity contribution in [2.75, 3.05) is 24.5 Å². The Labute approximate surface area is 217 Å². The van der Waals surface area contributed by atoms with E-state index in [0.29, 0.717) is 42.6 Å². The summed E-state index contributed by atoms with van der Waals surface area (Å²) >= 11 is 7.07. The summed E-state index contributed by atoms with van der Waals surface area (Å²) in [5, 5.41) is 18.1. The van der Waals surface area contributed by atoms with Crippen molar-refractivity contribution in [3.8, 4) is 6.07 Å². The lowest BCUT2D eigenvalue weighted by molar-refractivity contribution is 0.0653. The Morgan fingerprint density at radius 2 is 1.83 bits per heavy atom. The number of thiophene rings is 1. The molecule has 0 saturated heterocycles. The summed E-state index contributed by atoms with van der Waals surface area (Å²) < 4.78 is 0. The number of hydrogen-bond donors (Lipinski definition) is 0. The molecule has 3 aromatic rings. The number of nitrogens with zero attached hydrogens (tertiary/aromatic N) is 5. The standard InChI is InChI=1S/C26H22ClN5O3S/c1-3-31(11-6-12-32-25(34)18-7-4-5-8-19(18)26(32)35)17-9-10-21(16(2)13-17)29-30-24-20(14-28)23(27)22(15-33)36-24/h4-5,7-10,13,15H,3,6,11-12H2,1-2H3. The first-order valence-corrected chi connectivity index (χ1v) is 12.5. The summed E-state index contributed by atoms with van der Waals surface area (Å²) in [5.41, 5.74) is 3.55. The third-order valence-corrected chi connectivity index (χ3v) is 7.44. The van der Waals surface area contributed by atoms with E-state index in [-0.39, 0.29) is 32.3 Å². The molecule has 0 N–H and O–H groups in total. The topological polar surface area (TPSA) is 106 Å². The van der Waals surface area contributed by atoms with Crippen LogP contribution in [0.1, 0.15) is 54.9 Å². The van der Waals surface area contributed by atoms with Gasteiger partial charge in [-0.2, -0.15) is 5.26 Å². The van der Waals surface area contributed by atoms with Crippen LogP contribution in [-0.2, 0) is 0 Å². The molecule has 2 heterocycles. The van der Waals surface area contributed by atoms with E-state index in [4.69, 9.17) is 11.6 Å². The minimum atomic E-state index is -0.240. The molecule has 0 bridgehead atoms. The maximum absolute atomic E-state index is 12.6. The number of anilines is 1. The molecule has 0 spiro atoms. The number of aldehydes is 1. The average molecular weight is 520 g/mol. The van der Waals surface area contributed by atoms with Gasteiger partial charge in [-0.25, -0.2) is 0 Å². The molecule has 4 rings (SSSR count). The van der Waals surface area contributed by atoms with Gasteiger partial charge in [-0.1, -0.05) is 23.7 Å². The number of benzene rings is 2. The van der Waals surface area contributed by atoms with Crippen molar-refractivity contribution in [2.24, 2.45) is 10.2 Å². The maximum atomic E-state index is 12.6. The van der Waals surface area contributed by atoms with E-state index in [0.717, 1.165) is 29.1 Å². The monoisotopic (exact) mass is 519 g/mol. The van der Waals surface area contributed by atoms with E-state index in [1.54, 1.807) is 24.3 Å². The van der Waals surface area contributed by atoms with E-state index in [1.807, 2.05) is 38.1 Å². The van der Waals surface area contributed by atoms with Gasteiger partial charge in [-0.3, -0.25) is 19.3 Å². The van der Waals surface area contributed by atoms with Gasteiger partial charge in [0.1, 0.15) is 11.6 Å². The molecular formula is C26H22ClN5O3S. The predicted molar refractivity (Wildman–Crippen MR) is 139 cm³/mol. The Morgan fingerprint density at radius 3 is 2.42 bits per heavy atom. The molecule has 0 unspecified atom stereocenters. The van der Waals surface area contributed by atoms with Gasteiger partial charge in [0.05, 0.1) is 26.7 Å². The van der Waals surface area contributed by atoms with Gasteiger partial charge in [0.2, 0.25) is 0 Å². The summed E-state index contributed by atoms with van der Waals surface area (Å²) in [6, 6.07) is 14.6. The third-order valence-electron chi connectivity index (χ3n) is 5.94. The van der Waals surface area contributed by atoms with Crippen LogP contribution in [0, 0.1) is 18.3 Å². The highest BCUT2D eigenvalue weighted by Gasteiger charge is 2.34. The van der Waals surface area contributed by atoms with E-state index >= 15 is 0 Å². The molecule has 10 heteroatoms. The molecule has 1 aliphatic heterocycles. The minimum Gasteiger partial charge on any atom is -0.372 e. The van der Waals surface area contributed by atoms with Gasteiger partial charge in [0, 0.05) is 25.3 Å². The number of hydrogen-bond acceptors (Lipinski definition) is 8. The Morgan fingerprint density at radius 1 is 1.14 bits per heavy atom. The fraction of sp³-hybridized carbons (Fsp3) is 0.231. The predicted octanol–water partition coefficient (Wildman–Crippen LogP) is 6.32. The highest BCUT2D eigenvalue weighted by molar-refractivity contribution is 7.18. The normalized spacial score (nSPS) is 12.8. The molecule has 0 saturated carbocycles. The summed E-state index contributed by atoms with van der Waals surface area (Å²) in [6.07, 6.45) is 1.23. The lowest BCUT2D eigenvalue weighted by atomic mass is 10.1. The average Bonchev–Trinajstić information content (AvgIpc) is 3.33. The molecule has 0 atom stereocenters. The maximum Gasteiger partial charge on any atom is 0.261 e. The Hall–Kier alpha value is -3.87. The lowest BCUT2D eigenvalue weighted by Gasteiger charge is -2.25. The van der Waals surface area contributed by atoms with Gasteiger partial charge in [0.15, 0.2) is 11.3 Å². The Kier molecular flexibility index (Phi) is 7.58. The minimum absolute atomic E-state index is 0.0957. The second-order valence-electron chi connectivity index (χ2n) is 8.10. The summed E-state index contributed by atoms with van der Waals surface area (Å²) in [4.78, 5) is 40.0. The fourth-order valence-corrected chi connectivity index (χ4v) is 5.17. The molecule has 2 aromatic carbocycles. The van der Waals surface area contributed by atoms with E-state index in [2.05, 4.69) is 15.1 Å². The summed E-state index contributed by atoms with van der Waals surface area (Å²) in [5.74, 6) is -0.480. The van der Waals surface area contributed by atoms with Crippen LogP contribution >= 0.6 is 22.9 Å². The number of imide groups is 1. The zero-order valence-corrected chi connectivity index (χ0v) is 21.3. The van der Waals surface area contributed by atoms with Crippen LogP contribution in [0.3, 0.4) is 0 Å². The molecule has 0 aliphatic carbocycles. The van der Waals surface area contributed by atoms with Crippen molar-refractivity contribution in [3.63, 3.8) is 0 Å². The fourth-order valence-electron chi connectivity index (χ4n) is 4.04. The number of aryl methyl sites for hydroxylation is 1. The van der Waals surface area contributed by atoms with Crippen molar-refractivity contribution in [3.05, 3.63) is 74.6 Å².